The highest BCUT2D eigenvalue weighted by atomic mass is 32.2. The van der Waals surface area contributed by atoms with E-state index < -0.39 is 0 Å². The van der Waals surface area contributed by atoms with Crippen LogP contribution in [0.3, 0.4) is 0 Å². The molecule has 0 atom stereocenters. The Morgan fingerprint density at radius 2 is 2.10 bits per heavy atom. The highest BCUT2D eigenvalue weighted by molar-refractivity contribution is 7.99. The van der Waals surface area contributed by atoms with Gasteiger partial charge in [0, 0.05) is 0 Å². The number of para-hydroxylation sites is 1. The van der Waals surface area contributed by atoms with Crippen molar-refractivity contribution < 1.29 is 9.48 Å². The van der Waals surface area contributed by atoms with Gasteiger partial charge in [-0.05, 0) is 40.3 Å². The predicted molar refractivity (Wildman–Crippen MR) is 79.5 cm³/mol. The lowest BCUT2D eigenvalue weighted by Gasteiger charge is -1.97. The van der Waals surface area contributed by atoms with Gasteiger partial charge in [-0.15, -0.1) is 16.0 Å². The molecule has 20 heavy (non-hydrogen) atoms. The van der Waals surface area contributed by atoms with Gasteiger partial charge in [-0.25, -0.2) is 0 Å². The second-order valence-electron chi connectivity index (χ2n) is 4.03. The quantitative estimate of drug-likeness (QED) is 0.448. The number of carbonyl (C=O) groups excluding carboxylic acids is 1. The number of hydrogen-bond acceptors (Lipinski definition) is 4. The van der Waals surface area contributed by atoms with Crippen LogP contribution in [0.15, 0.2) is 59.3 Å². The minimum Gasteiger partial charge on any atom is -0.292 e. The second-order valence-corrected chi connectivity index (χ2v) is 5.92. The summed E-state index contributed by atoms with van der Waals surface area (Å²) in [6, 6.07) is 13.6. The molecule has 0 amide bonds. The Kier molecular flexibility index (Phi) is 3.94. The molecule has 0 aliphatic rings. The highest BCUT2D eigenvalue weighted by Gasteiger charge is 2.19. The molecule has 2 heterocycles. The van der Waals surface area contributed by atoms with E-state index in [0.717, 1.165) is 15.7 Å². The number of rotatable bonds is 5. The molecule has 0 bridgehead atoms. The summed E-state index contributed by atoms with van der Waals surface area (Å²) in [5.74, 6) is 0.519. The summed E-state index contributed by atoms with van der Waals surface area (Å²) in [5, 5.41) is 5.75. The number of thiophene rings is 1. The molecule has 0 aliphatic carbocycles. The van der Waals surface area contributed by atoms with Crippen LogP contribution >= 0.6 is 23.1 Å². The van der Waals surface area contributed by atoms with Crippen LogP contribution in [0, 0.1) is 0 Å². The summed E-state index contributed by atoms with van der Waals surface area (Å²) in [6.07, 6.45) is 1.63. The van der Waals surface area contributed by atoms with Crippen molar-refractivity contribution in [1.82, 2.24) is 10.1 Å². The van der Waals surface area contributed by atoms with Crippen LogP contribution in [0.5, 0.6) is 0 Å². The minimum atomic E-state index is 0.132. The monoisotopic (exact) mass is 302 g/mol. The van der Waals surface area contributed by atoms with Crippen LogP contribution in [0.1, 0.15) is 9.67 Å². The number of nitrogens with one attached hydrogen (secondary N) is 1. The van der Waals surface area contributed by atoms with Crippen LogP contribution < -0.4 is 4.68 Å². The van der Waals surface area contributed by atoms with E-state index in [4.69, 9.17) is 0 Å². The van der Waals surface area contributed by atoms with E-state index in [-0.39, 0.29) is 5.78 Å². The van der Waals surface area contributed by atoms with Crippen LogP contribution in [0.2, 0.25) is 0 Å². The summed E-state index contributed by atoms with van der Waals surface area (Å²) in [4.78, 5) is 17.0. The third kappa shape index (κ3) is 2.81. The largest absolute Gasteiger partial charge is 0.385 e. The first kappa shape index (κ1) is 13.1. The number of nitrogens with zero attached hydrogens (tertiary/aromatic N) is 2. The average Bonchev–Trinajstić information content (AvgIpc) is 3.17. The normalized spacial score (nSPS) is 10.6. The van der Waals surface area contributed by atoms with E-state index in [1.807, 2.05) is 52.5 Å². The molecular formula is C14H12N3OS2+. The van der Waals surface area contributed by atoms with Crippen LogP contribution in [0.4, 0.5) is 0 Å². The summed E-state index contributed by atoms with van der Waals surface area (Å²) < 4.78 is 1.87. The van der Waals surface area contributed by atoms with E-state index in [9.17, 15) is 4.79 Å². The topological polar surface area (TPSA) is 49.6 Å². The molecule has 0 radical (unpaired) electrons. The molecule has 3 rings (SSSR count). The van der Waals surface area contributed by atoms with Crippen molar-refractivity contribution in [3.8, 4) is 5.69 Å². The molecule has 1 aromatic carbocycles. The smallest absolute Gasteiger partial charge is 0.292 e. The number of H-pyrrole nitrogens is 1. The molecule has 0 aliphatic heterocycles. The second kappa shape index (κ2) is 6.02. The fourth-order valence-corrected chi connectivity index (χ4v) is 3.34. The van der Waals surface area contributed by atoms with Crippen LogP contribution in [0.25, 0.3) is 5.69 Å². The molecule has 0 saturated carbocycles. The van der Waals surface area contributed by atoms with Gasteiger partial charge in [0.15, 0.2) is 11.5 Å². The molecule has 0 spiro atoms. The number of thioether (sulfide) groups is 1. The van der Waals surface area contributed by atoms with Crippen LogP contribution in [-0.2, 0) is 0 Å². The SMILES string of the molecule is O=C(CSc1nc[nH][n+]1-c1ccccc1)c1cccs1. The molecule has 0 fully saturated rings. The first-order chi connectivity index (χ1) is 9.84. The van der Waals surface area contributed by atoms with E-state index in [0.29, 0.717) is 5.75 Å². The van der Waals surface area contributed by atoms with Gasteiger partial charge in [0.05, 0.1) is 10.6 Å². The maximum absolute atomic E-state index is 12.0. The highest BCUT2D eigenvalue weighted by Crippen LogP contribution is 2.17. The average molecular weight is 302 g/mol. The van der Waals surface area contributed by atoms with E-state index in [1.165, 1.54) is 23.1 Å². The number of Topliss-reactive ketones (excluding diaryl/α,β-unsaturated/α-hetero) is 1. The molecule has 2 aromatic heterocycles. The number of hydrogen-bond donors (Lipinski definition) is 1. The third-order valence-electron chi connectivity index (χ3n) is 2.70. The summed E-state index contributed by atoms with van der Waals surface area (Å²) >= 11 is 2.90. The van der Waals surface area contributed by atoms with E-state index >= 15 is 0 Å². The first-order valence-corrected chi connectivity index (χ1v) is 7.91. The predicted octanol–water partition coefficient (Wildman–Crippen LogP) is 2.72. The maximum Gasteiger partial charge on any atom is 0.385 e. The van der Waals surface area contributed by atoms with Crippen molar-refractivity contribution in [1.29, 1.82) is 0 Å². The molecule has 0 saturated heterocycles. The Balaban J connectivity index is 1.73. The van der Waals surface area contributed by atoms with Gasteiger partial charge >= 0.3 is 5.16 Å². The number of benzene rings is 1. The van der Waals surface area contributed by atoms with Gasteiger partial charge in [0.2, 0.25) is 6.33 Å². The zero-order valence-electron chi connectivity index (χ0n) is 10.5. The van der Waals surface area contributed by atoms with Gasteiger partial charge in [-0.3, -0.25) is 4.79 Å². The fourth-order valence-electron chi connectivity index (χ4n) is 1.76. The van der Waals surface area contributed by atoms with Gasteiger partial charge in [-0.2, -0.15) is 5.10 Å². The number of carbonyl (C=O) groups is 1. The van der Waals surface area contributed by atoms with Crippen molar-refractivity contribution in [3.05, 3.63) is 59.0 Å². The van der Waals surface area contributed by atoms with Crippen molar-refractivity contribution in [3.63, 3.8) is 0 Å². The molecular weight excluding hydrogens is 290 g/mol. The third-order valence-corrected chi connectivity index (χ3v) is 4.56. The lowest BCUT2D eigenvalue weighted by molar-refractivity contribution is -0.694. The Morgan fingerprint density at radius 1 is 1.25 bits per heavy atom. The molecule has 6 heteroatoms. The van der Waals surface area contributed by atoms with E-state index in [2.05, 4.69) is 10.1 Å². The van der Waals surface area contributed by atoms with Crippen molar-refractivity contribution in [2.75, 3.05) is 5.75 Å². The number of ketones is 1. The van der Waals surface area contributed by atoms with Gasteiger partial charge < -0.3 is 0 Å². The Bertz CT molecular complexity index is 692. The lowest BCUT2D eigenvalue weighted by Crippen LogP contribution is -2.34. The van der Waals surface area contributed by atoms with Gasteiger partial charge in [-0.1, -0.05) is 24.3 Å². The maximum atomic E-state index is 12.0. The molecule has 3 aromatic rings. The molecule has 100 valence electrons. The number of aromatic amines is 1. The summed E-state index contributed by atoms with van der Waals surface area (Å²) in [5.41, 5.74) is 0.996. The molecule has 1 N–H and O–H groups in total. The van der Waals surface area contributed by atoms with E-state index in [1.54, 1.807) is 6.33 Å². The van der Waals surface area contributed by atoms with Crippen molar-refractivity contribution in [2.24, 2.45) is 0 Å². The summed E-state index contributed by atoms with van der Waals surface area (Å²) in [6.45, 7) is 0. The zero-order chi connectivity index (χ0) is 13.8. The first-order valence-electron chi connectivity index (χ1n) is 6.05. The number of aromatic nitrogens is 3. The van der Waals surface area contributed by atoms with Crippen molar-refractivity contribution >= 4 is 28.9 Å². The summed E-state index contributed by atoms with van der Waals surface area (Å²) in [7, 11) is 0. The molecule has 0 unspecified atom stereocenters. The zero-order valence-corrected chi connectivity index (χ0v) is 12.2. The fraction of sp³-hybridized carbons (Fsp3) is 0.0714. The Labute approximate surface area is 124 Å². The molecule has 4 nitrogen and oxygen atoms in total. The minimum absolute atomic E-state index is 0.132. The lowest BCUT2D eigenvalue weighted by atomic mass is 10.3. The van der Waals surface area contributed by atoms with Gasteiger partial charge in [0.1, 0.15) is 0 Å². The van der Waals surface area contributed by atoms with Crippen LogP contribution in [-0.4, -0.2) is 21.6 Å². The Morgan fingerprint density at radius 3 is 2.85 bits per heavy atom. The standard InChI is InChI=1S/C14H11N3OS2/c18-12(13-7-4-8-19-13)9-20-14-15-10-16-17(14)11-5-2-1-3-6-11/h1-8,10H,9H2/p+1. The van der Waals surface area contributed by atoms with Crippen molar-refractivity contribution in [2.45, 2.75) is 5.16 Å². The Hall–Kier alpha value is -1.92. The van der Waals surface area contributed by atoms with Gasteiger partial charge in [0.25, 0.3) is 0 Å².